The van der Waals surface area contributed by atoms with Crippen LogP contribution in [0.5, 0.6) is 0 Å². The fraction of sp³-hybridized carbons (Fsp3) is 0.846. The van der Waals surface area contributed by atoms with Crippen LogP contribution in [-0.2, 0) is 19.4 Å². The van der Waals surface area contributed by atoms with Gasteiger partial charge in [0.1, 0.15) is 0 Å². The standard InChI is InChI=1S/C13H21NO5S/c15-12(6-11-3-5-20(18,19)9-11)14-4-1-2-10(8-14)7-13(16)17/h10-11H,1-9H2,(H,16,17). The molecule has 2 rings (SSSR count). The van der Waals surface area contributed by atoms with Gasteiger partial charge in [0.25, 0.3) is 0 Å². The second-order valence-corrected chi connectivity index (χ2v) is 8.15. The molecule has 6 nitrogen and oxygen atoms in total. The third-order valence-electron chi connectivity index (χ3n) is 4.13. The number of nitrogens with zero attached hydrogens (tertiary/aromatic N) is 1. The first-order valence-electron chi connectivity index (χ1n) is 7.06. The first kappa shape index (κ1) is 15.3. The van der Waals surface area contributed by atoms with Crippen LogP contribution in [0.3, 0.4) is 0 Å². The van der Waals surface area contributed by atoms with Crippen LogP contribution in [0, 0.1) is 11.8 Å². The predicted octanol–water partition coefficient (Wildman–Crippen LogP) is 0.525. The number of likely N-dealkylation sites (tertiary alicyclic amines) is 1. The molecule has 0 aromatic heterocycles. The number of carboxylic acids is 1. The van der Waals surface area contributed by atoms with Crippen LogP contribution in [-0.4, -0.2) is 54.9 Å². The topological polar surface area (TPSA) is 91.8 Å². The first-order valence-corrected chi connectivity index (χ1v) is 8.88. The summed E-state index contributed by atoms with van der Waals surface area (Å²) in [6.07, 6.45) is 2.61. The number of hydrogen-bond donors (Lipinski definition) is 1. The Hall–Kier alpha value is -1.11. The van der Waals surface area contributed by atoms with Gasteiger partial charge in [-0.3, -0.25) is 9.59 Å². The van der Waals surface area contributed by atoms with Crippen molar-refractivity contribution in [2.45, 2.75) is 32.1 Å². The average molecular weight is 303 g/mol. The fourth-order valence-electron chi connectivity index (χ4n) is 3.11. The maximum atomic E-state index is 12.2. The number of carboxylic acid groups (broad SMARTS) is 1. The zero-order chi connectivity index (χ0) is 14.8. The van der Waals surface area contributed by atoms with Gasteiger partial charge in [0, 0.05) is 25.9 Å². The normalized spacial score (nSPS) is 29.3. The SMILES string of the molecule is O=C(O)CC1CCCN(C(=O)CC2CCS(=O)(=O)C2)C1. The van der Waals surface area contributed by atoms with Gasteiger partial charge < -0.3 is 10.0 Å². The highest BCUT2D eigenvalue weighted by molar-refractivity contribution is 7.91. The van der Waals surface area contributed by atoms with E-state index in [1.807, 2.05) is 0 Å². The molecule has 2 atom stereocenters. The Morgan fingerprint density at radius 2 is 1.90 bits per heavy atom. The maximum Gasteiger partial charge on any atom is 0.303 e. The van der Waals surface area contributed by atoms with Gasteiger partial charge in [-0.2, -0.15) is 0 Å². The summed E-state index contributed by atoms with van der Waals surface area (Å²) in [4.78, 5) is 24.6. The van der Waals surface area contributed by atoms with E-state index in [9.17, 15) is 18.0 Å². The summed E-state index contributed by atoms with van der Waals surface area (Å²) in [5.41, 5.74) is 0. The average Bonchev–Trinajstić information content (AvgIpc) is 2.68. The number of amides is 1. The molecule has 0 aliphatic carbocycles. The minimum absolute atomic E-state index is 0.0255. The number of piperidine rings is 1. The molecule has 0 bridgehead atoms. The zero-order valence-corrected chi connectivity index (χ0v) is 12.3. The first-order chi connectivity index (χ1) is 9.35. The Morgan fingerprint density at radius 1 is 1.15 bits per heavy atom. The number of sulfone groups is 1. The third-order valence-corrected chi connectivity index (χ3v) is 5.96. The van der Waals surface area contributed by atoms with Crippen molar-refractivity contribution in [3.05, 3.63) is 0 Å². The molecule has 2 aliphatic heterocycles. The van der Waals surface area contributed by atoms with E-state index in [0.29, 0.717) is 19.5 Å². The van der Waals surface area contributed by atoms with Crippen LogP contribution in [0.15, 0.2) is 0 Å². The molecule has 0 aromatic rings. The quantitative estimate of drug-likeness (QED) is 0.817. The lowest BCUT2D eigenvalue weighted by Gasteiger charge is -2.32. The molecule has 7 heteroatoms. The van der Waals surface area contributed by atoms with Crippen molar-refractivity contribution in [3.63, 3.8) is 0 Å². The van der Waals surface area contributed by atoms with Crippen LogP contribution in [0.1, 0.15) is 32.1 Å². The summed E-state index contributed by atoms with van der Waals surface area (Å²) in [5, 5.41) is 8.81. The van der Waals surface area contributed by atoms with Crippen molar-refractivity contribution in [1.82, 2.24) is 4.90 Å². The van der Waals surface area contributed by atoms with Gasteiger partial charge in [0.05, 0.1) is 11.5 Å². The largest absolute Gasteiger partial charge is 0.481 e. The summed E-state index contributed by atoms with van der Waals surface area (Å²) in [6, 6.07) is 0. The van der Waals surface area contributed by atoms with Gasteiger partial charge in [0.15, 0.2) is 9.84 Å². The Balaban J connectivity index is 1.84. The molecule has 2 aliphatic rings. The molecule has 0 radical (unpaired) electrons. The molecule has 0 spiro atoms. The van der Waals surface area contributed by atoms with Crippen molar-refractivity contribution < 1.29 is 23.1 Å². The lowest BCUT2D eigenvalue weighted by molar-refractivity contribution is -0.141. The van der Waals surface area contributed by atoms with Crippen molar-refractivity contribution in [3.8, 4) is 0 Å². The van der Waals surface area contributed by atoms with Gasteiger partial charge in [-0.15, -0.1) is 0 Å². The Labute approximate surface area is 119 Å². The number of hydrogen-bond acceptors (Lipinski definition) is 4. The summed E-state index contributed by atoms with van der Waals surface area (Å²) < 4.78 is 22.8. The molecule has 2 heterocycles. The van der Waals surface area contributed by atoms with Crippen LogP contribution in [0.25, 0.3) is 0 Å². The van der Waals surface area contributed by atoms with Gasteiger partial charge >= 0.3 is 5.97 Å². The fourth-order valence-corrected chi connectivity index (χ4v) is 4.98. The van der Waals surface area contributed by atoms with Crippen molar-refractivity contribution in [1.29, 1.82) is 0 Å². The van der Waals surface area contributed by atoms with Gasteiger partial charge in [-0.05, 0) is 31.1 Å². The maximum absolute atomic E-state index is 12.2. The zero-order valence-electron chi connectivity index (χ0n) is 11.5. The van der Waals surface area contributed by atoms with Crippen molar-refractivity contribution in [2.24, 2.45) is 11.8 Å². The Morgan fingerprint density at radius 3 is 2.50 bits per heavy atom. The number of aliphatic carboxylic acids is 1. The van der Waals surface area contributed by atoms with Crippen LogP contribution in [0.4, 0.5) is 0 Å². The molecule has 0 aromatic carbocycles. The summed E-state index contributed by atoms with van der Waals surface area (Å²) in [5.74, 6) is -0.587. The van der Waals surface area contributed by atoms with Crippen molar-refractivity contribution >= 4 is 21.7 Å². The van der Waals surface area contributed by atoms with Crippen LogP contribution in [0.2, 0.25) is 0 Å². The second-order valence-electron chi connectivity index (χ2n) is 5.92. The van der Waals surface area contributed by atoms with E-state index in [0.717, 1.165) is 12.8 Å². The molecule has 1 N–H and O–H groups in total. The lowest BCUT2D eigenvalue weighted by atomic mass is 9.94. The smallest absolute Gasteiger partial charge is 0.303 e. The number of rotatable bonds is 4. The Kier molecular flexibility index (Phi) is 4.67. The molecule has 114 valence electrons. The second kappa shape index (κ2) is 6.11. The minimum atomic E-state index is -2.95. The summed E-state index contributed by atoms with van der Waals surface area (Å²) >= 11 is 0. The van der Waals surface area contributed by atoms with Crippen LogP contribution >= 0.6 is 0 Å². The lowest BCUT2D eigenvalue weighted by Crippen LogP contribution is -2.41. The molecule has 1 amide bonds. The van der Waals surface area contributed by atoms with Gasteiger partial charge in [-0.1, -0.05) is 0 Å². The van der Waals surface area contributed by atoms with E-state index in [1.54, 1.807) is 4.90 Å². The van der Waals surface area contributed by atoms with E-state index in [2.05, 4.69) is 0 Å². The molecule has 2 fully saturated rings. The van der Waals surface area contributed by atoms with Gasteiger partial charge in [0.2, 0.25) is 5.91 Å². The minimum Gasteiger partial charge on any atom is -0.481 e. The Bertz CT molecular complexity index is 487. The molecular weight excluding hydrogens is 282 g/mol. The predicted molar refractivity (Wildman–Crippen MR) is 72.9 cm³/mol. The molecule has 0 saturated carbocycles. The van der Waals surface area contributed by atoms with E-state index in [4.69, 9.17) is 5.11 Å². The van der Waals surface area contributed by atoms with Crippen LogP contribution < -0.4 is 0 Å². The molecular formula is C13H21NO5S. The third kappa shape index (κ3) is 4.19. The van der Waals surface area contributed by atoms with E-state index in [-0.39, 0.29) is 42.1 Å². The molecule has 2 unspecified atom stereocenters. The molecule has 20 heavy (non-hydrogen) atoms. The highest BCUT2D eigenvalue weighted by atomic mass is 32.2. The van der Waals surface area contributed by atoms with Crippen molar-refractivity contribution in [2.75, 3.05) is 24.6 Å². The van der Waals surface area contributed by atoms with Gasteiger partial charge in [-0.25, -0.2) is 8.42 Å². The van der Waals surface area contributed by atoms with E-state index in [1.165, 1.54) is 0 Å². The van der Waals surface area contributed by atoms with E-state index >= 15 is 0 Å². The summed E-state index contributed by atoms with van der Waals surface area (Å²) in [7, 11) is -2.95. The highest BCUT2D eigenvalue weighted by Gasteiger charge is 2.32. The van der Waals surface area contributed by atoms with E-state index < -0.39 is 15.8 Å². The number of carbonyl (C=O) groups is 2. The monoisotopic (exact) mass is 303 g/mol. The highest BCUT2D eigenvalue weighted by Crippen LogP contribution is 2.25. The number of carbonyl (C=O) groups excluding carboxylic acids is 1. The molecule has 2 saturated heterocycles. The summed E-state index contributed by atoms with van der Waals surface area (Å²) in [6.45, 7) is 1.15.